The summed E-state index contributed by atoms with van der Waals surface area (Å²) in [5.41, 5.74) is -0.392. The number of nitrogens with one attached hydrogen (secondary N) is 1. The Labute approximate surface area is 221 Å². The largest absolute Gasteiger partial charge is 0.339 e. The molecule has 0 bridgehead atoms. The lowest BCUT2D eigenvalue weighted by Crippen LogP contribution is -2.59. The quantitative estimate of drug-likeness (QED) is 0.537. The van der Waals surface area contributed by atoms with Crippen LogP contribution in [0, 0.1) is 0 Å². The highest BCUT2D eigenvalue weighted by molar-refractivity contribution is 8.00. The molecule has 2 amide bonds. The third kappa shape index (κ3) is 5.92. The smallest absolute Gasteiger partial charge is 0.317 e. The van der Waals surface area contributed by atoms with Gasteiger partial charge in [0.05, 0.1) is 5.92 Å². The van der Waals surface area contributed by atoms with Gasteiger partial charge in [0.2, 0.25) is 5.89 Å². The summed E-state index contributed by atoms with van der Waals surface area (Å²) >= 11 is 1.67. The van der Waals surface area contributed by atoms with Gasteiger partial charge in [-0.15, -0.1) is 0 Å². The van der Waals surface area contributed by atoms with E-state index in [4.69, 9.17) is 4.52 Å². The Bertz CT molecular complexity index is 946. The van der Waals surface area contributed by atoms with E-state index in [1.165, 1.54) is 0 Å². The van der Waals surface area contributed by atoms with Gasteiger partial charge in [0.15, 0.2) is 5.82 Å². The van der Waals surface area contributed by atoms with Gasteiger partial charge in [-0.25, -0.2) is 18.0 Å². The molecule has 0 radical (unpaired) electrons. The van der Waals surface area contributed by atoms with Gasteiger partial charge in [-0.3, -0.25) is 0 Å². The van der Waals surface area contributed by atoms with Crippen LogP contribution in [-0.2, 0) is 5.41 Å². The van der Waals surface area contributed by atoms with E-state index in [-0.39, 0.29) is 17.6 Å². The summed E-state index contributed by atoms with van der Waals surface area (Å²) in [4.78, 5) is 21.7. The molecule has 2 saturated carbocycles. The molecule has 0 aromatic carbocycles. The summed E-state index contributed by atoms with van der Waals surface area (Å²) in [6, 6.07) is -1.06. The monoisotopic (exact) mass is 543 g/mol. The second-order valence-corrected chi connectivity index (χ2v) is 13.5. The van der Waals surface area contributed by atoms with Crippen molar-refractivity contribution in [2.45, 2.75) is 118 Å². The molecule has 208 valence electrons. The number of carbonyl (C=O) groups is 1. The molecular weight excluding hydrogens is 503 g/mol. The van der Waals surface area contributed by atoms with E-state index in [1.807, 2.05) is 6.92 Å². The third-order valence-corrected chi connectivity index (χ3v) is 10.6. The molecular formula is C26H40F3N5O2S. The Morgan fingerprint density at radius 3 is 2.43 bits per heavy atom. The molecule has 4 aliphatic rings. The molecule has 1 N–H and O–H groups in total. The Hall–Kier alpha value is -1.49. The second-order valence-electron chi connectivity index (χ2n) is 11.9. The van der Waals surface area contributed by atoms with Crippen LogP contribution in [0.15, 0.2) is 4.52 Å². The van der Waals surface area contributed by atoms with E-state index in [9.17, 15) is 9.18 Å². The number of hydrogen-bond donors (Lipinski definition) is 1. The number of rotatable bonds is 6. The van der Waals surface area contributed by atoms with Gasteiger partial charge >= 0.3 is 6.03 Å². The topological polar surface area (TPSA) is 74.5 Å². The summed E-state index contributed by atoms with van der Waals surface area (Å²) < 4.78 is 48.9. The summed E-state index contributed by atoms with van der Waals surface area (Å²) in [7, 11) is 0. The molecule has 1 aromatic rings. The van der Waals surface area contributed by atoms with Crippen LogP contribution in [0.1, 0.15) is 89.8 Å². The Morgan fingerprint density at radius 2 is 1.81 bits per heavy atom. The minimum Gasteiger partial charge on any atom is -0.339 e. The van der Waals surface area contributed by atoms with Crippen molar-refractivity contribution in [3.8, 4) is 0 Å². The number of halogens is 3. The lowest BCUT2D eigenvalue weighted by molar-refractivity contribution is -0.0585. The lowest BCUT2D eigenvalue weighted by Gasteiger charge is -2.43. The zero-order chi connectivity index (χ0) is 26.4. The fourth-order valence-corrected chi connectivity index (χ4v) is 7.66. The van der Waals surface area contributed by atoms with Crippen molar-refractivity contribution in [2.24, 2.45) is 0 Å². The molecule has 4 atom stereocenters. The Balaban J connectivity index is 1.17. The number of thioether (sulfide) groups is 1. The number of piperidine rings is 2. The highest BCUT2D eigenvalue weighted by Gasteiger charge is 2.50. The van der Waals surface area contributed by atoms with E-state index in [2.05, 4.69) is 34.2 Å². The minimum atomic E-state index is -2.91. The molecule has 11 heteroatoms. The number of urea groups is 1. The van der Waals surface area contributed by atoms with E-state index >= 15 is 8.78 Å². The van der Waals surface area contributed by atoms with E-state index in [0.29, 0.717) is 68.2 Å². The number of alkyl halides is 3. The Kier molecular flexibility index (Phi) is 7.75. The van der Waals surface area contributed by atoms with Crippen LogP contribution >= 0.6 is 11.8 Å². The molecule has 7 nitrogen and oxygen atoms in total. The zero-order valence-corrected chi connectivity index (χ0v) is 22.9. The number of amides is 2. The van der Waals surface area contributed by atoms with Gasteiger partial charge < -0.3 is 19.6 Å². The highest BCUT2D eigenvalue weighted by atomic mass is 32.2. The molecule has 0 unspecified atom stereocenters. The van der Waals surface area contributed by atoms with Gasteiger partial charge in [0.1, 0.15) is 12.2 Å². The second kappa shape index (κ2) is 10.6. The predicted octanol–water partition coefficient (Wildman–Crippen LogP) is 5.12. The summed E-state index contributed by atoms with van der Waals surface area (Å²) in [5, 5.41) is 6.93. The SMILES string of the molecule is CC(C)N1CCC(S[C@H]2CCCC(F)(F)[C@@H]2NC(=O)N2CCC(C)(c3noc([C@@H]4C[C@@H]4F)n3)CC2)CC1. The van der Waals surface area contributed by atoms with Crippen LogP contribution in [0.25, 0.3) is 0 Å². The maximum atomic E-state index is 15.1. The number of aromatic nitrogens is 2. The normalized spacial score (nSPS) is 32.5. The van der Waals surface area contributed by atoms with Crippen molar-refractivity contribution in [3.63, 3.8) is 0 Å². The van der Waals surface area contributed by atoms with Crippen LogP contribution in [0.3, 0.4) is 0 Å². The van der Waals surface area contributed by atoms with Crippen molar-refractivity contribution in [3.05, 3.63) is 11.7 Å². The average molecular weight is 544 g/mol. The molecule has 3 heterocycles. The van der Waals surface area contributed by atoms with Crippen molar-refractivity contribution >= 4 is 17.8 Å². The fourth-order valence-electron chi connectivity index (χ4n) is 5.96. The van der Waals surface area contributed by atoms with Crippen LogP contribution in [0.5, 0.6) is 0 Å². The van der Waals surface area contributed by atoms with Crippen molar-refractivity contribution < 1.29 is 22.5 Å². The third-order valence-electron chi connectivity index (χ3n) is 8.84. The molecule has 2 aliphatic heterocycles. The molecule has 0 spiro atoms. The number of hydrogen-bond acceptors (Lipinski definition) is 6. The van der Waals surface area contributed by atoms with Crippen LogP contribution < -0.4 is 5.32 Å². The highest BCUT2D eigenvalue weighted by Crippen LogP contribution is 2.44. The lowest BCUT2D eigenvalue weighted by atomic mass is 9.79. The maximum Gasteiger partial charge on any atom is 0.317 e. The molecule has 37 heavy (non-hydrogen) atoms. The van der Waals surface area contributed by atoms with Crippen molar-refractivity contribution in [1.82, 2.24) is 25.3 Å². The first kappa shape index (κ1) is 27.1. The molecule has 2 aliphatic carbocycles. The number of carbonyl (C=O) groups excluding carboxylic acids is 1. The fraction of sp³-hybridized carbons (Fsp3) is 0.885. The standard InChI is InChI=1S/C26H40F3N5O2S/c1-16(2)33-11-6-17(7-12-33)37-20-5-4-8-26(28,29)21(20)30-24(35)34-13-9-25(3,10-14-34)23-31-22(36-32-23)18-15-19(18)27/h16-21H,4-15H2,1-3H3,(H,30,35)/t18-,19+,20+,21-/m1/s1. The van der Waals surface area contributed by atoms with Gasteiger partial charge in [-0.2, -0.15) is 16.7 Å². The molecule has 4 fully saturated rings. The van der Waals surface area contributed by atoms with E-state index in [0.717, 1.165) is 25.9 Å². The van der Waals surface area contributed by atoms with Crippen LogP contribution in [0.4, 0.5) is 18.0 Å². The number of nitrogens with zero attached hydrogens (tertiary/aromatic N) is 4. The van der Waals surface area contributed by atoms with E-state index in [1.54, 1.807) is 16.7 Å². The first-order valence-corrected chi connectivity index (χ1v) is 14.8. The molecule has 2 saturated heterocycles. The summed E-state index contributed by atoms with van der Waals surface area (Å²) in [5.74, 6) is -2.31. The van der Waals surface area contributed by atoms with Gasteiger partial charge in [-0.1, -0.05) is 12.1 Å². The number of likely N-dealkylation sites (tertiary alicyclic amines) is 2. The van der Waals surface area contributed by atoms with Gasteiger partial charge in [-0.05, 0) is 71.9 Å². The van der Waals surface area contributed by atoms with E-state index < -0.39 is 29.6 Å². The zero-order valence-electron chi connectivity index (χ0n) is 22.1. The average Bonchev–Trinajstić information content (AvgIpc) is 3.37. The first-order valence-electron chi connectivity index (χ1n) is 13.9. The van der Waals surface area contributed by atoms with Crippen molar-refractivity contribution in [2.75, 3.05) is 26.2 Å². The van der Waals surface area contributed by atoms with Crippen molar-refractivity contribution in [1.29, 1.82) is 0 Å². The van der Waals surface area contributed by atoms with Crippen LogP contribution in [-0.4, -0.2) is 86.8 Å². The molecule has 5 rings (SSSR count). The minimum absolute atomic E-state index is 0.181. The van der Waals surface area contributed by atoms with Gasteiger partial charge in [0, 0.05) is 41.5 Å². The summed E-state index contributed by atoms with van der Waals surface area (Å²) in [6.45, 7) is 9.24. The van der Waals surface area contributed by atoms with Gasteiger partial charge in [0.25, 0.3) is 5.92 Å². The maximum absolute atomic E-state index is 15.1. The summed E-state index contributed by atoms with van der Waals surface area (Å²) in [6.07, 6.45) is 3.72. The molecule has 1 aromatic heterocycles. The predicted molar refractivity (Wildman–Crippen MR) is 137 cm³/mol. The van der Waals surface area contributed by atoms with Crippen LogP contribution in [0.2, 0.25) is 0 Å². The Morgan fingerprint density at radius 1 is 1.14 bits per heavy atom. The first-order chi connectivity index (χ1) is 17.6.